The lowest BCUT2D eigenvalue weighted by Crippen LogP contribution is -2.45. The third-order valence-electron chi connectivity index (χ3n) is 4.68. The topological polar surface area (TPSA) is 133 Å². The van der Waals surface area contributed by atoms with Gasteiger partial charge in [0.1, 0.15) is 6.20 Å². The summed E-state index contributed by atoms with van der Waals surface area (Å²) in [4.78, 5) is 28.4. The van der Waals surface area contributed by atoms with Crippen molar-refractivity contribution in [3.63, 3.8) is 0 Å². The van der Waals surface area contributed by atoms with E-state index in [4.69, 9.17) is 0 Å². The number of aliphatic imine (C=N–C) groups is 1. The van der Waals surface area contributed by atoms with Gasteiger partial charge in [-0.05, 0) is 29.3 Å². The van der Waals surface area contributed by atoms with Gasteiger partial charge in [0.15, 0.2) is 24.5 Å². The second-order valence-corrected chi connectivity index (χ2v) is 6.95. The molecule has 1 unspecified atom stereocenters. The molecule has 2 aromatic rings. The molecule has 2 heterocycles. The number of carbonyl (C=O) groups excluding carboxylic acids is 1. The van der Waals surface area contributed by atoms with Crippen molar-refractivity contribution in [1.82, 2.24) is 25.9 Å². The fourth-order valence-corrected chi connectivity index (χ4v) is 3.27. The Morgan fingerprint density at radius 1 is 1.21 bits per heavy atom. The van der Waals surface area contributed by atoms with Crippen LogP contribution >= 0.6 is 0 Å². The van der Waals surface area contributed by atoms with Crippen molar-refractivity contribution in [2.24, 2.45) is 4.99 Å². The number of nitrogens with one attached hydrogen (secondary N) is 2. The summed E-state index contributed by atoms with van der Waals surface area (Å²) in [5, 5.41) is 25.7. The summed E-state index contributed by atoms with van der Waals surface area (Å²) in [6, 6.07) is 6.93. The maximum atomic E-state index is 12.8. The fraction of sp³-hybridized carbons (Fsp3) is 0.368. The van der Waals surface area contributed by atoms with Crippen LogP contribution in [0, 0.1) is 0 Å². The van der Waals surface area contributed by atoms with Crippen LogP contribution in [0.5, 0.6) is 0 Å². The Balaban J connectivity index is 1.75. The summed E-state index contributed by atoms with van der Waals surface area (Å²) < 4.78 is 0.0856. The molecule has 0 aliphatic carbocycles. The van der Waals surface area contributed by atoms with E-state index in [-0.39, 0.29) is 16.9 Å². The third kappa shape index (κ3) is 5.11. The highest BCUT2D eigenvalue weighted by molar-refractivity contribution is 6.01. The predicted octanol–water partition coefficient (Wildman–Crippen LogP) is 1.92. The minimum Gasteiger partial charge on any atom is -0.477 e. The van der Waals surface area contributed by atoms with E-state index < -0.39 is 5.97 Å². The van der Waals surface area contributed by atoms with Gasteiger partial charge >= 0.3 is 5.97 Å². The first-order chi connectivity index (χ1) is 14.0. The maximum Gasteiger partial charge on any atom is 0.360 e. The number of aliphatic carboxylic acids is 1. The van der Waals surface area contributed by atoms with E-state index in [0.717, 1.165) is 25.7 Å². The standard InChI is InChI=1S/C19H23N7O3/c1-2-3-4-7-10-26(12-17(27)28)11-16(20-13-26)21-19(29)15-9-6-5-8-14(15)18-22-24-25-23-18/h5-6,8-9,11,13H,2-4,7,10,12H2,1H3,(H2-,21,22,23,24,25,27,28,29)/p+1. The molecule has 0 spiro atoms. The molecule has 29 heavy (non-hydrogen) atoms. The van der Waals surface area contributed by atoms with Crippen LogP contribution in [0.2, 0.25) is 0 Å². The number of hydrogen-bond acceptors (Lipinski definition) is 6. The number of rotatable bonds is 10. The molecule has 1 aromatic carbocycles. The molecule has 1 atom stereocenters. The molecule has 1 aliphatic heterocycles. The zero-order chi connectivity index (χ0) is 20.7. The van der Waals surface area contributed by atoms with Crippen LogP contribution in [0.15, 0.2) is 41.3 Å². The third-order valence-corrected chi connectivity index (χ3v) is 4.68. The van der Waals surface area contributed by atoms with E-state index in [9.17, 15) is 14.7 Å². The van der Waals surface area contributed by atoms with E-state index in [1.165, 1.54) is 0 Å². The molecule has 3 N–H and O–H groups in total. The lowest BCUT2D eigenvalue weighted by molar-refractivity contribution is -0.771. The minimum absolute atomic E-state index is 0.0856. The molecule has 1 aromatic heterocycles. The molecule has 1 aliphatic rings. The Morgan fingerprint density at radius 3 is 2.76 bits per heavy atom. The van der Waals surface area contributed by atoms with Crippen molar-refractivity contribution >= 4 is 18.2 Å². The number of aromatic amines is 1. The molecular formula is C19H24N7O3+. The van der Waals surface area contributed by atoms with Gasteiger partial charge in [-0.2, -0.15) is 4.99 Å². The van der Waals surface area contributed by atoms with Crippen LogP contribution in [0.1, 0.15) is 43.0 Å². The Kier molecular flexibility index (Phi) is 6.45. The van der Waals surface area contributed by atoms with Crippen LogP contribution < -0.4 is 5.32 Å². The van der Waals surface area contributed by atoms with Gasteiger partial charge in [0.2, 0.25) is 0 Å². The Labute approximate surface area is 167 Å². The number of H-pyrrole nitrogens is 1. The summed E-state index contributed by atoms with van der Waals surface area (Å²) in [6.45, 7) is 2.63. The number of tetrazole rings is 1. The Hall–Kier alpha value is -3.40. The summed E-state index contributed by atoms with van der Waals surface area (Å²) >= 11 is 0. The lowest BCUT2D eigenvalue weighted by Gasteiger charge is -2.25. The van der Waals surface area contributed by atoms with Crippen LogP contribution in [0.25, 0.3) is 11.4 Å². The molecule has 10 nitrogen and oxygen atoms in total. The van der Waals surface area contributed by atoms with Crippen LogP contribution in [0.4, 0.5) is 0 Å². The largest absolute Gasteiger partial charge is 0.477 e. The van der Waals surface area contributed by atoms with Gasteiger partial charge in [0.25, 0.3) is 5.91 Å². The smallest absolute Gasteiger partial charge is 0.360 e. The highest BCUT2D eigenvalue weighted by Crippen LogP contribution is 2.21. The highest BCUT2D eigenvalue weighted by atomic mass is 16.4. The first-order valence-electron chi connectivity index (χ1n) is 9.54. The van der Waals surface area contributed by atoms with E-state index in [0.29, 0.717) is 29.3 Å². The van der Waals surface area contributed by atoms with Crippen molar-refractivity contribution in [1.29, 1.82) is 0 Å². The van der Waals surface area contributed by atoms with E-state index in [2.05, 4.69) is 37.9 Å². The summed E-state index contributed by atoms with van der Waals surface area (Å²) in [5.74, 6) is -0.579. The number of quaternary nitrogens is 1. The summed E-state index contributed by atoms with van der Waals surface area (Å²) in [6.07, 6.45) is 7.39. The van der Waals surface area contributed by atoms with Gasteiger partial charge < -0.3 is 10.4 Å². The van der Waals surface area contributed by atoms with Crippen LogP contribution in [0.3, 0.4) is 0 Å². The monoisotopic (exact) mass is 398 g/mol. The van der Waals surface area contributed by atoms with Gasteiger partial charge in [-0.25, -0.2) is 14.4 Å². The molecular weight excluding hydrogens is 374 g/mol. The first-order valence-corrected chi connectivity index (χ1v) is 9.54. The molecule has 0 fully saturated rings. The summed E-state index contributed by atoms with van der Waals surface area (Å²) in [7, 11) is 0. The van der Waals surface area contributed by atoms with Gasteiger partial charge in [-0.1, -0.05) is 38.0 Å². The molecule has 10 heteroatoms. The average Bonchev–Trinajstić information content (AvgIpc) is 3.36. The Bertz CT molecular complexity index is 924. The van der Waals surface area contributed by atoms with E-state index in [1.54, 1.807) is 36.8 Å². The number of nitrogens with zero attached hydrogens (tertiary/aromatic N) is 5. The van der Waals surface area contributed by atoms with Crippen molar-refractivity contribution in [2.45, 2.75) is 32.6 Å². The van der Waals surface area contributed by atoms with Crippen molar-refractivity contribution in [3.05, 3.63) is 41.8 Å². The zero-order valence-electron chi connectivity index (χ0n) is 16.2. The first kappa shape index (κ1) is 20.3. The fourth-order valence-electron chi connectivity index (χ4n) is 3.27. The molecule has 0 saturated carbocycles. The van der Waals surface area contributed by atoms with Gasteiger partial charge in [0.05, 0.1) is 12.1 Å². The number of carboxylic acid groups (broad SMARTS) is 1. The van der Waals surface area contributed by atoms with Crippen LogP contribution in [-0.4, -0.2) is 61.5 Å². The number of amides is 1. The molecule has 3 rings (SSSR count). The van der Waals surface area contributed by atoms with Crippen molar-refractivity contribution in [2.75, 3.05) is 13.1 Å². The molecule has 152 valence electrons. The van der Waals surface area contributed by atoms with Gasteiger partial charge in [0, 0.05) is 5.56 Å². The second-order valence-electron chi connectivity index (χ2n) is 6.95. The second kappa shape index (κ2) is 9.20. The van der Waals surface area contributed by atoms with Crippen molar-refractivity contribution in [3.8, 4) is 11.4 Å². The summed E-state index contributed by atoms with van der Waals surface area (Å²) in [5.41, 5.74) is 0.941. The number of unbranched alkanes of at least 4 members (excludes halogenated alkanes) is 3. The number of carboxylic acids is 1. The average molecular weight is 398 g/mol. The molecule has 1 amide bonds. The Morgan fingerprint density at radius 2 is 2.03 bits per heavy atom. The quantitative estimate of drug-likeness (QED) is 0.414. The van der Waals surface area contributed by atoms with Crippen molar-refractivity contribution < 1.29 is 19.2 Å². The molecule has 0 radical (unpaired) electrons. The normalized spacial score (nSPS) is 17.9. The molecule has 0 bridgehead atoms. The van der Waals surface area contributed by atoms with E-state index >= 15 is 0 Å². The predicted molar refractivity (Wildman–Crippen MR) is 105 cm³/mol. The molecule has 0 saturated heterocycles. The zero-order valence-corrected chi connectivity index (χ0v) is 16.2. The van der Waals surface area contributed by atoms with E-state index in [1.807, 2.05) is 0 Å². The maximum absolute atomic E-state index is 12.8. The van der Waals surface area contributed by atoms with Gasteiger partial charge in [-0.15, -0.1) is 5.10 Å². The van der Waals surface area contributed by atoms with Gasteiger partial charge in [-0.3, -0.25) is 4.79 Å². The highest BCUT2D eigenvalue weighted by Gasteiger charge is 2.32. The minimum atomic E-state index is -0.918. The lowest BCUT2D eigenvalue weighted by atomic mass is 10.1. The number of carbonyl (C=O) groups is 2. The number of benzene rings is 1. The number of hydrogen-bond donors (Lipinski definition) is 3. The van der Waals surface area contributed by atoms with Crippen LogP contribution in [-0.2, 0) is 4.79 Å². The SMILES string of the molecule is CCCCCC[N+]1(CC(=O)O)C=NC(NC(=O)c2ccccc2-c2nnn[nH]2)=C1. The number of aromatic nitrogens is 4.